The fraction of sp³-hybridized carbons (Fsp3) is 0. The van der Waals surface area contributed by atoms with Gasteiger partial charge in [-0.15, -0.1) is 0 Å². The summed E-state index contributed by atoms with van der Waals surface area (Å²) in [5.74, 6) is -1.62. The number of carbonyl (C=O) groups excluding carboxylic acids is 1. The minimum absolute atomic E-state index is 0.0263. The molecule has 3 aromatic carbocycles. The Morgan fingerprint density at radius 2 is 1.39 bits per heavy atom. The molecule has 0 aliphatic heterocycles. The molecule has 0 unspecified atom stereocenters. The lowest BCUT2D eigenvalue weighted by atomic mass is 10.1. The summed E-state index contributed by atoms with van der Waals surface area (Å²) in [6.45, 7) is 0. The van der Waals surface area contributed by atoms with E-state index in [-0.39, 0.29) is 21.7 Å². The van der Waals surface area contributed by atoms with E-state index in [4.69, 9.17) is 5.11 Å². The molecule has 0 fully saturated rings. The Labute approximate surface area is 161 Å². The molecule has 0 bridgehead atoms. The third kappa shape index (κ3) is 4.36. The molecule has 7 nitrogen and oxygen atoms in total. The van der Waals surface area contributed by atoms with E-state index in [0.717, 1.165) is 0 Å². The van der Waals surface area contributed by atoms with E-state index < -0.39 is 21.9 Å². The van der Waals surface area contributed by atoms with Gasteiger partial charge in [-0.25, -0.2) is 13.2 Å². The molecular formula is C20H16N2O5S. The number of carboxylic acid groups (broad SMARTS) is 1. The molecule has 0 aliphatic carbocycles. The van der Waals surface area contributed by atoms with Crippen LogP contribution in [0.15, 0.2) is 83.8 Å². The third-order valence-electron chi connectivity index (χ3n) is 3.86. The van der Waals surface area contributed by atoms with Crippen molar-refractivity contribution in [2.75, 3.05) is 10.0 Å². The molecular weight excluding hydrogens is 380 g/mol. The van der Waals surface area contributed by atoms with Gasteiger partial charge in [0.2, 0.25) is 0 Å². The van der Waals surface area contributed by atoms with Gasteiger partial charge < -0.3 is 10.4 Å². The van der Waals surface area contributed by atoms with Crippen molar-refractivity contribution in [3.05, 3.63) is 90.0 Å². The maximum absolute atomic E-state index is 12.6. The van der Waals surface area contributed by atoms with Gasteiger partial charge in [0.05, 0.1) is 21.7 Å². The highest BCUT2D eigenvalue weighted by atomic mass is 32.2. The molecule has 0 saturated heterocycles. The normalized spacial score (nSPS) is 10.9. The first-order valence-corrected chi connectivity index (χ1v) is 9.67. The lowest BCUT2D eigenvalue weighted by Gasteiger charge is -2.13. The van der Waals surface area contributed by atoms with Gasteiger partial charge >= 0.3 is 5.97 Å². The molecule has 0 saturated carbocycles. The molecule has 3 aromatic rings. The van der Waals surface area contributed by atoms with Gasteiger partial charge in [-0.3, -0.25) is 9.52 Å². The molecule has 0 aromatic heterocycles. The van der Waals surface area contributed by atoms with Crippen molar-refractivity contribution >= 4 is 33.3 Å². The molecule has 3 rings (SSSR count). The van der Waals surface area contributed by atoms with Crippen molar-refractivity contribution in [3.8, 4) is 0 Å². The summed E-state index contributed by atoms with van der Waals surface area (Å²) >= 11 is 0. The maximum atomic E-state index is 12.6. The van der Waals surface area contributed by atoms with E-state index >= 15 is 0 Å². The number of amides is 1. The Morgan fingerprint density at radius 1 is 0.786 bits per heavy atom. The lowest BCUT2D eigenvalue weighted by Crippen LogP contribution is -2.18. The number of anilines is 2. The van der Waals surface area contributed by atoms with E-state index in [2.05, 4.69) is 10.0 Å². The Morgan fingerprint density at radius 3 is 2.04 bits per heavy atom. The average molecular weight is 396 g/mol. The summed E-state index contributed by atoms with van der Waals surface area (Å²) in [7, 11) is -4.01. The number of benzene rings is 3. The highest BCUT2D eigenvalue weighted by molar-refractivity contribution is 7.92. The fourth-order valence-corrected chi connectivity index (χ4v) is 3.55. The van der Waals surface area contributed by atoms with Gasteiger partial charge in [-0.1, -0.05) is 30.3 Å². The Balaban J connectivity index is 1.86. The first kappa shape index (κ1) is 19.1. The Bertz CT molecular complexity index is 1110. The van der Waals surface area contributed by atoms with Gasteiger partial charge in [0.15, 0.2) is 0 Å². The summed E-state index contributed by atoms with van der Waals surface area (Å²) < 4.78 is 27.6. The summed E-state index contributed by atoms with van der Waals surface area (Å²) in [6.07, 6.45) is 0. The summed E-state index contributed by atoms with van der Waals surface area (Å²) in [5.41, 5.74) is 0.811. The van der Waals surface area contributed by atoms with Crippen LogP contribution in [0.1, 0.15) is 20.7 Å². The predicted molar refractivity (Wildman–Crippen MR) is 105 cm³/mol. The maximum Gasteiger partial charge on any atom is 0.335 e. The van der Waals surface area contributed by atoms with Crippen LogP contribution in [0, 0.1) is 0 Å². The number of rotatable bonds is 6. The highest BCUT2D eigenvalue weighted by Gasteiger charge is 2.19. The van der Waals surface area contributed by atoms with Crippen molar-refractivity contribution in [1.82, 2.24) is 0 Å². The zero-order valence-corrected chi connectivity index (χ0v) is 15.3. The summed E-state index contributed by atoms with van der Waals surface area (Å²) in [5, 5.41) is 11.6. The molecule has 1 amide bonds. The van der Waals surface area contributed by atoms with E-state index in [1.165, 1.54) is 36.4 Å². The van der Waals surface area contributed by atoms with Crippen molar-refractivity contribution in [2.24, 2.45) is 0 Å². The van der Waals surface area contributed by atoms with Crippen LogP contribution in [-0.4, -0.2) is 25.4 Å². The SMILES string of the molecule is O=C(O)c1ccc(S(=O)(=O)Nc2ccccc2C(=O)Nc2ccccc2)cc1. The first-order chi connectivity index (χ1) is 13.4. The number of sulfonamides is 1. The molecule has 3 N–H and O–H groups in total. The van der Waals surface area contributed by atoms with Crippen molar-refractivity contribution in [2.45, 2.75) is 4.90 Å². The topological polar surface area (TPSA) is 113 Å². The summed E-state index contributed by atoms with van der Waals surface area (Å²) in [6, 6.07) is 19.8. The number of nitrogens with one attached hydrogen (secondary N) is 2. The number of carbonyl (C=O) groups is 2. The van der Waals surface area contributed by atoms with Gasteiger partial charge in [0.25, 0.3) is 15.9 Å². The van der Waals surface area contributed by atoms with Gasteiger partial charge in [0.1, 0.15) is 0 Å². The quantitative estimate of drug-likeness (QED) is 0.591. The molecule has 0 spiro atoms. The third-order valence-corrected chi connectivity index (χ3v) is 5.24. The van der Waals surface area contributed by atoms with Crippen LogP contribution in [-0.2, 0) is 10.0 Å². The zero-order chi connectivity index (χ0) is 20.1. The minimum atomic E-state index is -4.01. The van der Waals surface area contributed by atoms with Gasteiger partial charge in [0, 0.05) is 5.69 Å². The average Bonchev–Trinajstić information content (AvgIpc) is 2.69. The van der Waals surface area contributed by atoms with Crippen LogP contribution < -0.4 is 10.0 Å². The second-order valence-corrected chi connectivity index (χ2v) is 7.48. The highest BCUT2D eigenvalue weighted by Crippen LogP contribution is 2.22. The lowest BCUT2D eigenvalue weighted by molar-refractivity contribution is 0.0696. The van der Waals surface area contributed by atoms with Crippen LogP contribution in [0.3, 0.4) is 0 Å². The zero-order valence-electron chi connectivity index (χ0n) is 14.5. The van der Waals surface area contributed by atoms with E-state index in [1.54, 1.807) is 36.4 Å². The Hall–Kier alpha value is -3.65. The molecule has 0 aliphatic rings. The minimum Gasteiger partial charge on any atom is -0.478 e. The van der Waals surface area contributed by atoms with Gasteiger partial charge in [-0.2, -0.15) is 0 Å². The van der Waals surface area contributed by atoms with Crippen LogP contribution in [0.2, 0.25) is 0 Å². The van der Waals surface area contributed by atoms with E-state index in [1.807, 2.05) is 6.07 Å². The number of carboxylic acids is 1. The molecule has 0 atom stereocenters. The van der Waals surface area contributed by atoms with Crippen LogP contribution in [0.5, 0.6) is 0 Å². The fourth-order valence-electron chi connectivity index (χ4n) is 2.47. The van der Waals surface area contributed by atoms with Crippen LogP contribution in [0.4, 0.5) is 11.4 Å². The molecule has 142 valence electrons. The Kier molecular flexibility index (Phi) is 5.42. The molecule has 0 heterocycles. The monoisotopic (exact) mass is 396 g/mol. The van der Waals surface area contributed by atoms with Crippen LogP contribution >= 0.6 is 0 Å². The second kappa shape index (κ2) is 7.93. The largest absolute Gasteiger partial charge is 0.478 e. The smallest absolute Gasteiger partial charge is 0.335 e. The van der Waals surface area contributed by atoms with Crippen molar-refractivity contribution < 1.29 is 23.1 Å². The van der Waals surface area contributed by atoms with E-state index in [0.29, 0.717) is 5.69 Å². The molecule has 0 radical (unpaired) electrons. The second-order valence-electron chi connectivity index (χ2n) is 5.80. The standard InChI is InChI=1S/C20H16N2O5S/c23-19(21-15-6-2-1-3-7-15)17-8-4-5-9-18(17)22-28(26,27)16-12-10-14(11-13-16)20(24)25/h1-13,22H,(H,21,23)(H,24,25). The number of para-hydroxylation sites is 2. The predicted octanol–water partition coefficient (Wildman–Crippen LogP) is 3.44. The number of hydrogen-bond donors (Lipinski definition) is 3. The first-order valence-electron chi connectivity index (χ1n) is 8.18. The summed E-state index contributed by atoms with van der Waals surface area (Å²) in [4.78, 5) is 23.4. The molecule has 8 heteroatoms. The number of hydrogen-bond acceptors (Lipinski definition) is 4. The van der Waals surface area contributed by atoms with Crippen LogP contribution in [0.25, 0.3) is 0 Å². The van der Waals surface area contributed by atoms with Gasteiger partial charge in [-0.05, 0) is 48.5 Å². The number of aromatic carboxylic acids is 1. The van der Waals surface area contributed by atoms with Crippen molar-refractivity contribution in [1.29, 1.82) is 0 Å². The van der Waals surface area contributed by atoms with Crippen molar-refractivity contribution in [3.63, 3.8) is 0 Å². The molecule has 28 heavy (non-hydrogen) atoms. The van der Waals surface area contributed by atoms with E-state index in [9.17, 15) is 18.0 Å².